The van der Waals surface area contributed by atoms with Gasteiger partial charge in [0.2, 0.25) is 0 Å². The lowest BCUT2D eigenvalue weighted by Crippen LogP contribution is -2.17. The molecule has 108 valence electrons. The maximum Gasteiger partial charge on any atom is 0.118 e. The second-order valence-corrected chi connectivity index (χ2v) is 5.73. The molecule has 5 heteroatoms. The highest BCUT2D eigenvalue weighted by Crippen LogP contribution is 2.15. The number of hydrogen-bond acceptors (Lipinski definition) is 5. The highest BCUT2D eigenvalue weighted by atomic mass is 32.1. The van der Waals surface area contributed by atoms with Crippen LogP contribution in [0.1, 0.15) is 16.3 Å². The Hall–Kier alpha value is -1.43. The highest BCUT2D eigenvalue weighted by Gasteiger charge is 2.06. The van der Waals surface area contributed by atoms with Crippen molar-refractivity contribution in [1.29, 1.82) is 0 Å². The van der Waals surface area contributed by atoms with Crippen LogP contribution in [0.2, 0.25) is 0 Å². The molecular formula is C15H21N3OS. The molecule has 20 heavy (non-hydrogen) atoms. The Morgan fingerprint density at radius 1 is 1.25 bits per heavy atom. The first kappa shape index (κ1) is 15.0. The number of nitrogens with one attached hydrogen (secondary N) is 1. The van der Waals surface area contributed by atoms with E-state index in [1.54, 1.807) is 18.4 Å². The SMILES string of the molecule is CNCc1nc(CN(C)Cc2ccc(OC)cc2)cs1. The summed E-state index contributed by atoms with van der Waals surface area (Å²) in [5.74, 6) is 0.896. The summed E-state index contributed by atoms with van der Waals surface area (Å²) in [6.45, 7) is 2.61. The standard InChI is InChI=1S/C15H21N3OS/c1-16-8-15-17-13(11-20-15)10-18(2)9-12-4-6-14(19-3)7-5-12/h4-7,11,16H,8-10H2,1-3H3. The Labute approximate surface area is 124 Å². The number of aromatic nitrogens is 1. The van der Waals surface area contributed by atoms with E-state index in [0.29, 0.717) is 0 Å². The summed E-state index contributed by atoms with van der Waals surface area (Å²) < 4.78 is 5.17. The van der Waals surface area contributed by atoms with E-state index in [2.05, 4.69) is 39.8 Å². The summed E-state index contributed by atoms with van der Waals surface area (Å²) >= 11 is 1.71. The van der Waals surface area contributed by atoms with Gasteiger partial charge in [0.05, 0.1) is 12.8 Å². The number of nitrogens with zero attached hydrogens (tertiary/aromatic N) is 2. The van der Waals surface area contributed by atoms with Gasteiger partial charge in [-0.3, -0.25) is 4.90 Å². The number of hydrogen-bond donors (Lipinski definition) is 1. The van der Waals surface area contributed by atoms with Gasteiger partial charge in [0.25, 0.3) is 0 Å². The van der Waals surface area contributed by atoms with Crippen LogP contribution in [0.3, 0.4) is 0 Å². The molecule has 0 radical (unpaired) electrons. The summed E-state index contributed by atoms with van der Waals surface area (Å²) in [4.78, 5) is 6.87. The van der Waals surface area contributed by atoms with Gasteiger partial charge in [-0.2, -0.15) is 0 Å². The third kappa shape index (κ3) is 4.30. The molecule has 0 aliphatic rings. The van der Waals surface area contributed by atoms with Crippen LogP contribution in [0, 0.1) is 0 Å². The van der Waals surface area contributed by atoms with Crippen molar-refractivity contribution < 1.29 is 4.74 Å². The molecule has 1 heterocycles. The predicted octanol–water partition coefficient (Wildman–Crippen LogP) is 2.50. The zero-order chi connectivity index (χ0) is 14.4. The Balaban J connectivity index is 1.88. The van der Waals surface area contributed by atoms with E-state index in [-0.39, 0.29) is 0 Å². The van der Waals surface area contributed by atoms with Gasteiger partial charge in [-0.25, -0.2) is 4.98 Å². The number of benzene rings is 1. The molecule has 0 unspecified atom stereocenters. The Morgan fingerprint density at radius 3 is 2.65 bits per heavy atom. The van der Waals surface area contributed by atoms with E-state index < -0.39 is 0 Å². The van der Waals surface area contributed by atoms with Gasteiger partial charge in [0, 0.05) is 25.0 Å². The summed E-state index contributed by atoms with van der Waals surface area (Å²) in [6, 6.07) is 8.19. The molecule has 0 aliphatic heterocycles. The number of rotatable bonds is 7. The van der Waals surface area contributed by atoms with Crippen LogP contribution < -0.4 is 10.1 Å². The van der Waals surface area contributed by atoms with Crippen LogP contribution >= 0.6 is 11.3 Å². The molecule has 2 rings (SSSR count). The lowest BCUT2D eigenvalue weighted by Gasteiger charge is -2.15. The molecule has 1 aromatic heterocycles. The maximum atomic E-state index is 5.17. The minimum Gasteiger partial charge on any atom is -0.497 e. The number of ether oxygens (including phenoxy) is 1. The Morgan fingerprint density at radius 2 is 2.00 bits per heavy atom. The van der Waals surface area contributed by atoms with Crippen LogP contribution in [-0.2, 0) is 19.6 Å². The summed E-state index contributed by atoms with van der Waals surface area (Å²) in [7, 11) is 5.74. The molecule has 0 fully saturated rings. The van der Waals surface area contributed by atoms with E-state index in [1.807, 2.05) is 19.2 Å². The second-order valence-electron chi connectivity index (χ2n) is 4.78. The van der Waals surface area contributed by atoms with Crippen LogP contribution in [0.25, 0.3) is 0 Å². The normalized spacial score (nSPS) is 11.0. The zero-order valence-electron chi connectivity index (χ0n) is 12.2. The number of thiazole rings is 1. The van der Waals surface area contributed by atoms with Crippen molar-refractivity contribution in [3.8, 4) is 5.75 Å². The van der Waals surface area contributed by atoms with E-state index in [4.69, 9.17) is 4.74 Å². The first-order valence-corrected chi connectivity index (χ1v) is 7.48. The summed E-state index contributed by atoms with van der Waals surface area (Å²) in [5, 5.41) is 6.40. The highest BCUT2D eigenvalue weighted by molar-refractivity contribution is 7.09. The summed E-state index contributed by atoms with van der Waals surface area (Å²) in [6.07, 6.45) is 0. The maximum absolute atomic E-state index is 5.17. The molecule has 0 spiro atoms. The lowest BCUT2D eigenvalue weighted by atomic mass is 10.2. The van der Waals surface area contributed by atoms with Gasteiger partial charge in [0.15, 0.2) is 0 Å². The third-order valence-electron chi connectivity index (χ3n) is 2.97. The topological polar surface area (TPSA) is 37.4 Å². The lowest BCUT2D eigenvalue weighted by molar-refractivity contribution is 0.315. The fourth-order valence-corrected chi connectivity index (χ4v) is 2.83. The molecular weight excluding hydrogens is 270 g/mol. The minimum atomic E-state index is 0.840. The van der Waals surface area contributed by atoms with Crippen molar-refractivity contribution in [2.75, 3.05) is 21.2 Å². The van der Waals surface area contributed by atoms with E-state index in [1.165, 1.54) is 5.56 Å². The molecule has 0 atom stereocenters. The fourth-order valence-electron chi connectivity index (χ4n) is 2.03. The molecule has 1 aromatic carbocycles. The van der Waals surface area contributed by atoms with Crippen molar-refractivity contribution in [1.82, 2.24) is 15.2 Å². The quantitative estimate of drug-likeness (QED) is 0.850. The molecule has 0 amide bonds. The van der Waals surface area contributed by atoms with Crippen molar-refractivity contribution >= 4 is 11.3 Å². The summed E-state index contributed by atoms with van der Waals surface area (Å²) in [5.41, 5.74) is 2.41. The van der Waals surface area contributed by atoms with Gasteiger partial charge in [0.1, 0.15) is 10.8 Å². The van der Waals surface area contributed by atoms with E-state index in [0.717, 1.165) is 36.1 Å². The van der Waals surface area contributed by atoms with Crippen LogP contribution in [-0.4, -0.2) is 31.1 Å². The molecule has 0 saturated heterocycles. The van der Waals surface area contributed by atoms with Crippen LogP contribution in [0.15, 0.2) is 29.6 Å². The van der Waals surface area contributed by atoms with Crippen LogP contribution in [0.5, 0.6) is 5.75 Å². The Bertz CT molecular complexity index is 524. The number of methoxy groups -OCH3 is 1. The van der Waals surface area contributed by atoms with Gasteiger partial charge in [-0.15, -0.1) is 11.3 Å². The third-order valence-corrected chi connectivity index (χ3v) is 3.87. The van der Waals surface area contributed by atoms with Crippen molar-refractivity contribution in [2.45, 2.75) is 19.6 Å². The first-order valence-electron chi connectivity index (χ1n) is 6.60. The molecule has 4 nitrogen and oxygen atoms in total. The molecule has 0 aliphatic carbocycles. The van der Waals surface area contributed by atoms with Gasteiger partial charge >= 0.3 is 0 Å². The second kappa shape index (κ2) is 7.38. The predicted molar refractivity (Wildman–Crippen MR) is 83.0 cm³/mol. The average Bonchev–Trinajstić information content (AvgIpc) is 2.87. The van der Waals surface area contributed by atoms with Crippen molar-refractivity contribution in [2.24, 2.45) is 0 Å². The van der Waals surface area contributed by atoms with E-state index >= 15 is 0 Å². The Kier molecular flexibility index (Phi) is 5.52. The van der Waals surface area contributed by atoms with Gasteiger partial charge in [-0.05, 0) is 31.8 Å². The monoisotopic (exact) mass is 291 g/mol. The van der Waals surface area contributed by atoms with Gasteiger partial charge in [-0.1, -0.05) is 12.1 Å². The van der Waals surface area contributed by atoms with Crippen LogP contribution in [0.4, 0.5) is 0 Å². The van der Waals surface area contributed by atoms with Crippen molar-refractivity contribution in [3.05, 3.63) is 45.9 Å². The van der Waals surface area contributed by atoms with Crippen molar-refractivity contribution in [3.63, 3.8) is 0 Å². The van der Waals surface area contributed by atoms with E-state index in [9.17, 15) is 0 Å². The molecule has 1 N–H and O–H groups in total. The molecule has 0 saturated carbocycles. The fraction of sp³-hybridized carbons (Fsp3) is 0.400. The zero-order valence-corrected chi connectivity index (χ0v) is 13.0. The molecule has 2 aromatic rings. The average molecular weight is 291 g/mol. The largest absolute Gasteiger partial charge is 0.497 e. The molecule has 0 bridgehead atoms. The smallest absolute Gasteiger partial charge is 0.118 e. The minimum absolute atomic E-state index is 0.840. The first-order chi connectivity index (χ1) is 9.71. The van der Waals surface area contributed by atoms with Gasteiger partial charge < -0.3 is 10.1 Å².